The highest BCUT2D eigenvalue weighted by molar-refractivity contribution is 5.20. The van der Waals surface area contributed by atoms with Gasteiger partial charge >= 0.3 is 0 Å². The molecule has 1 rings (SSSR count). The topological polar surface area (TPSA) is 9.23 Å². The van der Waals surface area contributed by atoms with Gasteiger partial charge in [-0.05, 0) is 12.0 Å². The Morgan fingerprint density at radius 1 is 1.21 bits per heavy atom. The summed E-state index contributed by atoms with van der Waals surface area (Å²) in [6, 6.07) is 10.1. The fourth-order valence-corrected chi connectivity index (χ4v) is 1.22. The molecule has 0 amide bonds. The van der Waals surface area contributed by atoms with Gasteiger partial charge in [0.25, 0.3) is 0 Å². The highest BCUT2D eigenvalue weighted by Gasteiger charge is 2.05. The molecule has 1 atom stereocenters. The maximum Gasteiger partial charge on any atom is 0.100 e. The first kappa shape index (κ1) is 10.7. The second-order valence-electron chi connectivity index (χ2n) is 3.02. The fourth-order valence-electron chi connectivity index (χ4n) is 1.22. The zero-order valence-corrected chi connectivity index (χ0v) is 8.36. The number of ether oxygens (including phenoxy) is 1. The lowest BCUT2D eigenvalue weighted by molar-refractivity contribution is 0.0894. The zero-order valence-electron chi connectivity index (χ0n) is 8.36. The van der Waals surface area contributed by atoms with E-state index < -0.39 is 0 Å². The molecule has 0 saturated carbocycles. The Hall–Kier alpha value is -1.34. The zero-order chi connectivity index (χ0) is 10.2. The minimum atomic E-state index is -0.00356. The Morgan fingerprint density at radius 2 is 1.93 bits per heavy atom. The van der Waals surface area contributed by atoms with Gasteiger partial charge in [0.05, 0.1) is 6.61 Å². The lowest BCUT2D eigenvalue weighted by Crippen LogP contribution is -2.01. The van der Waals surface area contributed by atoms with E-state index in [-0.39, 0.29) is 6.10 Å². The van der Waals surface area contributed by atoms with Gasteiger partial charge in [-0.2, -0.15) is 0 Å². The van der Waals surface area contributed by atoms with Crippen LogP contribution in [0.5, 0.6) is 0 Å². The van der Waals surface area contributed by atoms with Crippen molar-refractivity contribution in [2.45, 2.75) is 12.5 Å². The summed E-state index contributed by atoms with van der Waals surface area (Å²) in [7, 11) is 0. The van der Waals surface area contributed by atoms with Crippen molar-refractivity contribution >= 4 is 0 Å². The molecule has 0 aliphatic heterocycles. The summed E-state index contributed by atoms with van der Waals surface area (Å²) >= 11 is 0. The molecule has 1 nitrogen and oxygen atoms in total. The van der Waals surface area contributed by atoms with Gasteiger partial charge in [-0.15, -0.1) is 13.2 Å². The van der Waals surface area contributed by atoms with Crippen LogP contribution in [0, 0.1) is 0 Å². The fraction of sp³-hybridized carbons (Fsp3) is 0.231. The monoisotopic (exact) mass is 188 g/mol. The van der Waals surface area contributed by atoms with Crippen LogP contribution in [0.15, 0.2) is 55.6 Å². The molecule has 0 aliphatic carbocycles. The predicted molar refractivity (Wildman–Crippen MR) is 60.1 cm³/mol. The van der Waals surface area contributed by atoms with E-state index in [9.17, 15) is 0 Å². The smallest absolute Gasteiger partial charge is 0.100 e. The molecule has 0 heterocycles. The van der Waals surface area contributed by atoms with Crippen molar-refractivity contribution in [2.24, 2.45) is 0 Å². The number of hydrogen-bond donors (Lipinski definition) is 0. The molecule has 0 fully saturated rings. The Bertz CT molecular complexity index is 277. The Labute approximate surface area is 85.7 Å². The van der Waals surface area contributed by atoms with E-state index in [1.165, 1.54) is 0 Å². The van der Waals surface area contributed by atoms with Crippen LogP contribution in [0.2, 0.25) is 0 Å². The standard InChI is InChI=1S/C13H16O/c1-3-5-11-14-13(4-2)12-9-7-6-8-10-12/h3-4,6-10,13H,1-2,5,11H2/t13-/m0/s1. The number of rotatable bonds is 6. The molecule has 0 radical (unpaired) electrons. The second-order valence-corrected chi connectivity index (χ2v) is 3.02. The van der Waals surface area contributed by atoms with Gasteiger partial charge in [-0.3, -0.25) is 0 Å². The third-order valence-corrected chi connectivity index (χ3v) is 1.96. The highest BCUT2D eigenvalue weighted by atomic mass is 16.5. The van der Waals surface area contributed by atoms with Gasteiger partial charge in [0.2, 0.25) is 0 Å². The predicted octanol–water partition coefficient (Wildman–Crippen LogP) is 3.51. The van der Waals surface area contributed by atoms with E-state index in [4.69, 9.17) is 4.74 Å². The van der Waals surface area contributed by atoms with E-state index >= 15 is 0 Å². The van der Waals surface area contributed by atoms with Crippen molar-refractivity contribution in [3.63, 3.8) is 0 Å². The molecule has 0 spiro atoms. The average molecular weight is 188 g/mol. The third-order valence-electron chi connectivity index (χ3n) is 1.96. The average Bonchev–Trinajstić information content (AvgIpc) is 2.26. The summed E-state index contributed by atoms with van der Waals surface area (Å²) < 4.78 is 5.63. The first-order valence-electron chi connectivity index (χ1n) is 4.78. The van der Waals surface area contributed by atoms with E-state index in [0.29, 0.717) is 6.61 Å². The van der Waals surface area contributed by atoms with Gasteiger partial charge in [0.1, 0.15) is 6.10 Å². The summed E-state index contributed by atoms with van der Waals surface area (Å²) in [6.45, 7) is 8.11. The summed E-state index contributed by atoms with van der Waals surface area (Å²) in [6.07, 6.45) is 4.54. The molecule has 0 aliphatic rings. The minimum Gasteiger partial charge on any atom is -0.369 e. The molecule has 1 heteroatoms. The first-order chi connectivity index (χ1) is 6.88. The lowest BCUT2D eigenvalue weighted by Gasteiger charge is -2.13. The molecule has 14 heavy (non-hydrogen) atoms. The normalized spacial score (nSPS) is 12.0. The molecule has 0 unspecified atom stereocenters. The highest BCUT2D eigenvalue weighted by Crippen LogP contribution is 2.17. The molecule has 0 bridgehead atoms. The van der Waals surface area contributed by atoms with Crippen LogP contribution in [-0.2, 0) is 4.74 Å². The quantitative estimate of drug-likeness (QED) is 0.490. The SMILES string of the molecule is C=CCCO[C@@H](C=C)c1ccccc1. The molecule has 0 aromatic heterocycles. The van der Waals surface area contributed by atoms with Crippen molar-refractivity contribution in [3.05, 3.63) is 61.2 Å². The van der Waals surface area contributed by atoms with E-state index in [1.54, 1.807) is 0 Å². The van der Waals surface area contributed by atoms with Crippen molar-refractivity contribution in [1.82, 2.24) is 0 Å². The van der Waals surface area contributed by atoms with Crippen LogP contribution in [0.25, 0.3) is 0 Å². The van der Waals surface area contributed by atoms with Crippen LogP contribution in [-0.4, -0.2) is 6.61 Å². The van der Waals surface area contributed by atoms with Crippen LogP contribution in [0.3, 0.4) is 0 Å². The van der Waals surface area contributed by atoms with Gasteiger partial charge in [-0.25, -0.2) is 0 Å². The molecule has 0 saturated heterocycles. The van der Waals surface area contributed by atoms with Crippen molar-refractivity contribution in [1.29, 1.82) is 0 Å². The Morgan fingerprint density at radius 3 is 2.50 bits per heavy atom. The van der Waals surface area contributed by atoms with Gasteiger partial charge < -0.3 is 4.74 Å². The van der Waals surface area contributed by atoms with Gasteiger partial charge in [-0.1, -0.05) is 42.5 Å². The van der Waals surface area contributed by atoms with E-state index in [0.717, 1.165) is 12.0 Å². The second kappa shape index (κ2) is 6.17. The minimum absolute atomic E-state index is 0.00356. The van der Waals surface area contributed by atoms with Gasteiger partial charge in [0.15, 0.2) is 0 Å². The molecular formula is C13H16O. The summed E-state index contributed by atoms with van der Waals surface area (Å²) in [4.78, 5) is 0. The molecular weight excluding hydrogens is 172 g/mol. The van der Waals surface area contributed by atoms with Crippen molar-refractivity contribution in [2.75, 3.05) is 6.61 Å². The summed E-state index contributed by atoms with van der Waals surface area (Å²) in [5.74, 6) is 0. The molecule has 1 aromatic rings. The van der Waals surface area contributed by atoms with Crippen LogP contribution < -0.4 is 0 Å². The maximum atomic E-state index is 5.63. The van der Waals surface area contributed by atoms with Crippen molar-refractivity contribution in [3.8, 4) is 0 Å². The lowest BCUT2D eigenvalue weighted by atomic mass is 10.1. The third kappa shape index (κ3) is 3.19. The van der Waals surface area contributed by atoms with Crippen LogP contribution in [0.4, 0.5) is 0 Å². The van der Waals surface area contributed by atoms with E-state index in [2.05, 4.69) is 13.2 Å². The van der Waals surface area contributed by atoms with Gasteiger partial charge in [0, 0.05) is 0 Å². The summed E-state index contributed by atoms with van der Waals surface area (Å²) in [5.41, 5.74) is 1.14. The maximum absolute atomic E-state index is 5.63. The Balaban J connectivity index is 2.54. The molecule has 0 N–H and O–H groups in total. The number of benzene rings is 1. The van der Waals surface area contributed by atoms with Crippen LogP contribution >= 0.6 is 0 Å². The first-order valence-corrected chi connectivity index (χ1v) is 4.78. The van der Waals surface area contributed by atoms with Crippen LogP contribution in [0.1, 0.15) is 18.1 Å². The largest absolute Gasteiger partial charge is 0.369 e. The molecule has 1 aromatic carbocycles. The van der Waals surface area contributed by atoms with Crippen molar-refractivity contribution < 1.29 is 4.74 Å². The Kier molecular flexibility index (Phi) is 4.73. The van der Waals surface area contributed by atoms with E-state index in [1.807, 2.05) is 42.5 Å². The summed E-state index contributed by atoms with van der Waals surface area (Å²) in [5, 5.41) is 0. The number of hydrogen-bond acceptors (Lipinski definition) is 1. The molecule has 74 valence electrons.